The minimum Gasteiger partial charge on any atom is -0.361 e. The van der Waals surface area contributed by atoms with Crippen LogP contribution >= 0.6 is 0 Å². The number of aromatic nitrogens is 1. The van der Waals surface area contributed by atoms with Gasteiger partial charge in [-0.15, -0.1) is 0 Å². The SMILES string of the molecule is NNc1cccc(NCC(=O)NC2CC2)n1. The molecule has 1 fully saturated rings. The van der Waals surface area contributed by atoms with Crippen LogP contribution in [-0.2, 0) is 4.79 Å². The van der Waals surface area contributed by atoms with Crippen LogP contribution in [0.1, 0.15) is 12.8 Å². The summed E-state index contributed by atoms with van der Waals surface area (Å²) >= 11 is 0. The molecule has 16 heavy (non-hydrogen) atoms. The van der Waals surface area contributed by atoms with Gasteiger partial charge in [-0.05, 0) is 25.0 Å². The zero-order valence-electron chi connectivity index (χ0n) is 8.86. The van der Waals surface area contributed by atoms with Crippen LogP contribution in [0.15, 0.2) is 18.2 Å². The summed E-state index contributed by atoms with van der Waals surface area (Å²) < 4.78 is 0. The lowest BCUT2D eigenvalue weighted by Crippen LogP contribution is -2.31. The van der Waals surface area contributed by atoms with Gasteiger partial charge in [0.2, 0.25) is 5.91 Å². The predicted molar refractivity (Wildman–Crippen MR) is 61.7 cm³/mol. The summed E-state index contributed by atoms with van der Waals surface area (Å²) in [5.41, 5.74) is 2.45. The number of nitrogens with two attached hydrogens (primary N) is 1. The maximum Gasteiger partial charge on any atom is 0.239 e. The molecule has 1 aliphatic carbocycles. The fraction of sp³-hybridized carbons (Fsp3) is 0.400. The van der Waals surface area contributed by atoms with E-state index in [4.69, 9.17) is 5.84 Å². The third kappa shape index (κ3) is 3.09. The number of hydrazine groups is 1. The van der Waals surface area contributed by atoms with Crippen molar-refractivity contribution in [1.82, 2.24) is 10.3 Å². The fourth-order valence-electron chi connectivity index (χ4n) is 1.29. The average Bonchev–Trinajstić information content (AvgIpc) is 3.10. The van der Waals surface area contributed by atoms with Crippen LogP contribution in [0.3, 0.4) is 0 Å². The van der Waals surface area contributed by atoms with E-state index in [1.165, 1.54) is 0 Å². The zero-order chi connectivity index (χ0) is 11.4. The minimum absolute atomic E-state index is 0.00425. The van der Waals surface area contributed by atoms with Gasteiger partial charge >= 0.3 is 0 Å². The van der Waals surface area contributed by atoms with Gasteiger partial charge < -0.3 is 16.1 Å². The van der Waals surface area contributed by atoms with Crippen LogP contribution in [0, 0.1) is 0 Å². The van der Waals surface area contributed by atoms with Crippen molar-refractivity contribution in [3.05, 3.63) is 18.2 Å². The predicted octanol–water partition coefficient (Wildman–Crippen LogP) is 0.0577. The highest BCUT2D eigenvalue weighted by atomic mass is 16.2. The lowest BCUT2D eigenvalue weighted by molar-refractivity contribution is -0.119. The molecule has 2 rings (SSSR count). The molecule has 5 N–H and O–H groups in total. The van der Waals surface area contributed by atoms with Crippen LogP contribution in [0.25, 0.3) is 0 Å². The standard InChI is InChI=1S/C10H15N5O/c11-15-9-3-1-2-8(14-9)12-6-10(16)13-7-4-5-7/h1-3,7H,4-6,11H2,(H,13,16)(H2,12,14,15). The Kier molecular flexibility index (Phi) is 3.21. The van der Waals surface area contributed by atoms with E-state index in [-0.39, 0.29) is 12.5 Å². The maximum absolute atomic E-state index is 11.4. The molecule has 86 valence electrons. The average molecular weight is 221 g/mol. The molecule has 1 aromatic heterocycles. The van der Waals surface area contributed by atoms with Crippen molar-refractivity contribution in [3.63, 3.8) is 0 Å². The second kappa shape index (κ2) is 4.80. The molecule has 1 aliphatic rings. The quantitative estimate of drug-likeness (QED) is 0.417. The Morgan fingerprint density at radius 2 is 2.19 bits per heavy atom. The van der Waals surface area contributed by atoms with Gasteiger partial charge in [0.25, 0.3) is 0 Å². The highest BCUT2D eigenvalue weighted by Gasteiger charge is 2.22. The Labute approximate surface area is 93.6 Å². The van der Waals surface area contributed by atoms with E-state index in [1.807, 2.05) is 6.07 Å². The lowest BCUT2D eigenvalue weighted by Gasteiger charge is -2.07. The molecule has 0 atom stereocenters. The third-order valence-electron chi connectivity index (χ3n) is 2.27. The van der Waals surface area contributed by atoms with Gasteiger partial charge in [-0.2, -0.15) is 0 Å². The Balaban J connectivity index is 1.80. The first-order valence-electron chi connectivity index (χ1n) is 5.25. The number of carbonyl (C=O) groups excluding carboxylic acids is 1. The van der Waals surface area contributed by atoms with Gasteiger partial charge in [0.1, 0.15) is 11.6 Å². The van der Waals surface area contributed by atoms with Crippen molar-refractivity contribution in [2.75, 3.05) is 17.3 Å². The molecule has 0 bridgehead atoms. The van der Waals surface area contributed by atoms with Gasteiger partial charge in [-0.25, -0.2) is 10.8 Å². The van der Waals surface area contributed by atoms with Crippen molar-refractivity contribution in [3.8, 4) is 0 Å². The van der Waals surface area contributed by atoms with E-state index in [9.17, 15) is 4.79 Å². The summed E-state index contributed by atoms with van der Waals surface area (Å²) in [6.45, 7) is 0.234. The molecule has 1 heterocycles. The summed E-state index contributed by atoms with van der Waals surface area (Å²) in [5.74, 6) is 6.41. The molecule has 1 saturated carbocycles. The van der Waals surface area contributed by atoms with Crippen LogP contribution in [-0.4, -0.2) is 23.5 Å². The number of nitrogen functional groups attached to an aromatic ring is 1. The zero-order valence-corrected chi connectivity index (χ0v) is 8.86. The Morgan fingerprint density at radius 1 is 1.44 bits per heavy atom. The fourth-order valence-corrected chi connectivity index (χ4v) is 1.29. The van der Waals surface area contributed by atoms with Crippen LogP contribution in [0.5, 0.6) is 0 Å². The highest BCUT2D eigenvalue weighted by molar-refractivity contribution is 5.81. The van der Waals surface area contributed by atoms with E-state index in [0.717, 1.165) is 12.8 Å². The van der Waals surface area contributed by atoms with Crippen molar-refractivity contribution in [2.24, 2.45) is 5.84 Å². The van der Waals surface area contributed by atoms with Crippen molar-refractivity contribution in [1.29, 1.82) is 0 Å². The number of nitrogens with one attached hydrogen (secondary N) is 3. The summed E-state index contributed by atoms with van der Waals surface area (Å²) in [6.07, 6.45) is 2.19. The van der Waals surface area contributed by atoms with Gasteiger partial charge in [0.15, 0.2) is 0 Å². The van der Waals surface area contributed by atoms with Crippen LogP contribution < -0.4 is 21.9 Å². The first-order chi connectivity index (χ1) is 7.78. The number of nitrogens with zero attached hydrogens (tertiary/aromatic N) is 1. The first kappa shape index (κ1) is 10.7. The van der Waals surface area contributed by atoms with Crippen LogP contribution in [0.4, 0.5) is 11.6 Å². The molecular weight excluding hydrogens is 206 g/mol. The van der Waals surface area contributed by atoms with E-state index in [1.54, 1.807) is 12.1 Å². The van der Waals surface area contributed by atoms with E-state index < -0.39 is 0 Å². The van der Waals surface area contributed by atoms with E-state index in [0.29, 0.717) is 17.7 Å². The molecule has 1 amide bonds. The first-order valence-corrected chi connectivity index (χ1v) is 5.25. The Morgan fingerprint density at radius 3 is 2.88 bits per heavy atom. The molecule has 6 heteroatoms. The number of hydrogen-bond donors (Lipinski definition) is 4. The number of hydrogen-bond acceptors (Lipinski definition) is 5. The molecule has 6 nitrogen and oxygen atoms in total. The number of pyridine rings is 1. The van der Waals surface area contributed by atoms with Crippen molar-refractivity contribution < 1.29 is 4.79 Å². The molecule has 1 aromatic rings. The molecule has 0 radical (unpaired) electrons. The molecule has 0 aliphatic heterocycles. The summed E-state index contributed by atoms with van der Waals surface area (Å²) in [4.78, 5) is 15.5. The minimum atomic E-state index is -0.00425. The molecule has 0 saturated heterocycles. The number of carbonyl (C=O) groups is 1. The number of anilines is 2. The second-order valence-corrected chi connectivity index (χ2v) is 3.75. The summed E-state index contributed by atoms with van der Waals surface area (Å²) in [5, 5.41) is 5.82. The number of rotatable bonds is 5. The third-order valence-corrected chi connectivity index (χ3v) is 2.27. The van der Waals surface area contributed by atoms with Gasteiger partial charge in [-0.1, -0.05) is 6.07 Å². The van der Waals surface area contributed by atoms with E-state index in [2.05, 4.69) is 21.0 Å². The van der Waals surface area contributed by atoms with Crippen molar-refractivity contribution >= 4 is 17.5 Å². The molecule has 0 spiro atoms. The normalized spacial score (nSPS) is 14.3. The van der Waals surface area contributed by atoms with Gasteiger partial charge in [0, 0.05) is 6.04 Å². The van der Waals surface area contributed by atoms with Crippen molar-refractivity contribution in [2.45, 2.75) is 18.9 Å². The van der Waals surface area contributed by atoms with Gasteiger partial charge in [0.05, 0.1) is 6.54 Å². The number of amides is 1. The topological polar surface area (TPSA) is 92.1 Å². The second-order valence-electron chi connectivity index (χ2n) is 3.75. The Bertz CT molecular complexity index is 377. The Hall–Kier alpha value is -1.82. The molecule has 0 aromatic carbocycles. The molecule has 0 unspecified atom stereocenters. The maximum atomic E-state index is 11.4. The van der Waals surface area contributed by atoms with Crippen LogP contribution in [0.2, 0.25) is 0 Å². The smallest absolute Gasteiger partial charge is 0.239 e. The van der Waals surface area contributed by atoms with E-state index >= 15 is 0 Å². The van der Waals surface area contributed by atoms with Gasteiger partial charge in [-0.3, -0.25) is 4.79 Å². The monoisotopic (exact) mass is 221 g/mol. The lowest BCUT2D eigenvalue weighted by atomic mass is 10.4. The molecular formula is C10H15N5O. The summed E-state index contributed by atoms with van der Waals surface area (Å²) in [7, 11) is 0. The largest absolute Gasteiger partial charge is 0.361 e. The summed E-state index contributed by atoms with van der Waals surface area (Å²) in [6, 6.07) is 5.73. The highest BCUT2D eigenvalue weighted by Crippen LogP contribution is 2.18.